The highest BCUT2D eigenvalue weighted by molar-refractivity contribution is 6.29. The van der Waals surface area contributed by atoms with Gasteiger partial charge in [0, 0.05) is 0 Å². The molecule has 1 N–H and O–H groups in total. The van der Waals surface area contributed by atoms with Gasteiger partial charge in [0.1, 0.15) is 5.56 Å². The summed E-state index contributed by atoms with van der Waals surface area (Å²) in [7, 11) is 0. The Morgan fingerprint density at radius 1 is 1.24 bits per heavy atom. The van der Waals surface area contributed by atoms with Crippen molar-refractivity contribution in [3.8, 4) is 0 Å². The molecule has 0 fully saturated rings. The maximum absolute atomic E-state index is 13.2. The number of nitrogens with one attached hydrogen (secondary N) is 1. The Morgan fingerprint density at radius 3 is 2.48 bits per heavy atom. The average molecular weight is 315 g/mol. The van der Waals surface area contributed by atoms with Gasteiger partial charge in [-0.15, -0.1) is 10.2 Å². The lowest BCUT2D eigenvalue weighted by Crippen LogP contribution is -2.16. The Balaban J connectivity index is 2.36. The number of nitrogens with zero attached hydrogens (tertiary/aromatic N) is 3. The van der Waals surface area contributed by atoms with Gasteiger partial charge in [0.25, 0.3) is 11.6 Å². The first-order valence-electron chi connectivity index (χ1n) is 5.32. The highest BCUT2D eigenvalue weighted by Gasteiger charge is 2.24. The van der Waals surface area contributed by atoms with Gasteiger partial charge in [-0.2, -0.15) is 0 Å². The number of halogens is 3. The number of hydrogen-bond donors (Lipinski definition) is 1. The fraction of sp³-hybridized carbons (Fsp3) is 0. The highest BCUT2D eigenvalue weighted by Crippen LogP contribution is 2.23. The number of carbonyl (C=O) groups is 1. The van der Waals surface area contributed by atoms with Crippen molar-refractivity contribution < 1.29 is 18.5 Å². The Morgan fingerprint density at radius 2 is 1.90 bits per heavy atom. The molecule has 0 spiro atoms. The zero-order valence-corrected chi connectivity index (χ0v) is 10.8. The maximum atomic E-state index is 13.2. The lowest BCUT2D eigenvalue weighted by atomic mass is 10.1. The van der Waals surface area contributed by atoms with E-state index in [-0.39, 0.29) is 11.0 Å². The van der Waals surface area contributed by atoms with Gasteiger partial charge >= 0.3 is 0 Å². The first-order valence-corrected chi connectivity index (χ1v) is 5.70. The molecule has 108 valence electrons. The summed E-state index contributed by atoms with van der Waals surface area (Å²) in [5.74, 6) is -3.89. The lowest BCUT2D eigenvalue weighted by Gasteiger charge is -2.05. The molecular formula is C11H5ClF2N4O3. The zero-order chi connectivity index (χ0) is 15.6. The minimum atomic E-state index is -1.43. The average Bonchev–Trinajstić information content (AvgIpc) is 2.43. The van der Waals surface area contributed by atoms with E-state index in [1.165, 1.54) is 12.1 Å². The van der Waals surface area contributed by atoms with Gasteiger partial charge in [-0.3, -0.25) is 14.9 Å². The van der Waals surface area contributed by atoms with Crippen molar-refractivity contribution >= 4 is 29.0 Å². The van der Waals surface area contributed by atoms with Crippen LogP contribution in [0.5, 0.6) is 0 Å². The lowest BCUT2D eigenvalue weighted by molar-refractivity contribution is -0.385. The fourth-order valence-electron chi connectivity index (χ4n) is 1.44. The molecule has 0 aliphatic carbocycles. The van der Waals surface area contributed by atoms with Gasteiger partial charge in [0.2, 0.25) is 0 Å². The molecule has 0 saturated heterocycles. The maximum Gasteiger partial charge on any atom is 0.285 e. The molecule has 7 nitrogen and oxygen atoms in total. The van der Waals surface area contributed by atoms with Crippen LogP contribution in [0.4, 0.5) is 20.3 Å². The number of rotatable bonds is 3. The van der Waals surface area contributed by atoms with Crippen LogP contribution < -0.4 is 5.32 Å². The largest absolute Gasteiger partial charge is 0.305 e. The van der Waals surface area contributed by atoms with Crippen LogP contribution in [0.3, 0.4) is 0 Å². The molecule has 0 aliphatic rings. The third-order valence-corrected chi connectivity index (χ3v) is 2.56. The van der Waals surface area contributed by atoms with Crippen LogP contribution in [0.15, 0.2) is 24.3 Å². The standard InChI is InChI=1S/C11H5ClF2N4O3/c12-9-1-2-10(17-16-9)15-11(19)5-3-6(13)7(14)4-8(5)18(20)21/h1-4H,(H,15,17,19). The van der Waals surface area contributed by atoms with Gasteiger partial charge in [0.05, 0.1) is 11.0 Å². The Bertz CT molecular complexity index is 724. The minimum Gasteiger partial charge on any atom is -0.305 e. The summed E-state index contributed by atoms with van der Waals surface area (Å²) < 4.78 is 26.2. The monoisotopic (exact) mass is 314 g/mol. The molecule has 0 unspecified atom stereocenters. The number of hydrogen-bond acceptors (Lipinski definition) is 5. The van der Waals surface area contributed by atoms with E-state index in [1.54, 1.807) is 0 Å². The molecule has 1 heterocycles. The molecular weight excluding hydrogens is 310 g/mol. The predicted octanol–water partition coefficient (Wildman–Crippen LogP) is 2.57. The Kier molecular flexibility index (Phi) is 4.03. The smallest absolute Gasteiger partial charge is 0.285 e. The van der Waals surface area contributed by atoms with E-state index in [2.05, 4.69) is 15.5 Å². The Labute approximate surface area is 120 Å². The molecule has 10 heteroatoms. The van der Waals surface area contributed by atoms with Crippen LogP contribution in [-0.2, 0) is 0 Å². The van der Waals surface area contributed by atoms with Gasteiger partial charge in [0.15, 0.2) is 22.6 Å². The van der Waals surface area contributed by atoms with Crippen molar-refractivity contribution in [3.05, 3.63) is 56.7 Å². The third kappa shape index (κ3) is 3.26. The molecule has 0 aliphatic heterocycles. The normalized spacial score (nSPS) is 10.2. The second-order valence-corrected chi connectivity index (χ2v) is 4.12. The third-order valence-electron chi connectivity index (χ3n) is 2.35. The number of amides is 1. The van der Waals surface area contributed by atoms with Crippen molar-refractivity contribution in [2.24, 2.45) is 0 Å². The van der Waals surface area contributed by atoms with Crippen LogP contribution in [0.25, 0.3) is 0 Å². The minimum absolute atomic E-state index is 0.0524. The van der Waals surface area contributed by atoms with E-state index < -0.39 is 33.7 Å². The van der Waals surface area contributed by atoms with Gasteiger partial charge in [-0.1, -0.05) is 11.6 Å². The molecule has 0 atom stereocenters. The van der Waals surface area contributed by atoms with E-state index >= 15 is 0 Å². The summed E-state index contributed by atoms with van der Waals surface area (Å²) in [6.45, 7) is 0. The molecule has 1 amide bonds. The zero-order valence-electron chi connectivity index (χ0n) is 10.0. The molecule has 21 heavy (non-hydrogen) atoms. The Hall–Kier alpha value is -2.68. The van der Waals surface area contributed by atoms with E-state index in [9.17, 15) is 23.7 Å². The van der Waals surface area contributed by atoms with Crippen molar-refractivity contribution in [1.82, 2.24) is 10.2 Å². The van der Waals surface area contributed by atoms with Crippen LogP contribution in [-0.4, -0.2) is 21.0 Å². The summed E-state index contributed by atoms with van der Waals surface area (Å²) in [6, 6.07) is 3.38. The van der Waals surface area contributed by atoms with Crippen molar-refractivity contribution in [2.75, 3.05) is 5.32 Å². The number of carbonyl (C=O) groups excluding carboxylic acids is 1. The SMILES string of the molecule is O=C(Nc1ccc(Cl)nn1)c1cc(F)c(F)cc1[N+](=O)[O-]. The first-order chi connectivity index (χ1) is 9.88. The van der Waals surface area contributed by atoms with Crippen LogP contribution in [0.1, 0.15) is 10.4 Å². The molecule has 1 aromatic heterocycles. The quantitative estimate of drug-likeness (QED) is 0.693. The van der Waals surface area contributed by atoms with Crippen LogP contribution in [0, 0.1) is 21.7 Å². The summed E-state index contributed by atoms with van der Waals surface area (Å²) in [4.78, 5) is 21.7. The van der Waals surface area contributed by atoms with Gasteiger partial charge < -0.3 is 5.32 Å². The number of nitro groups is 1. The fourth-order valence-corrected chi connectivity index (χ4v) is 1.54. The summed E-state index contributed by atoms with van der Waals surface area (Å²) in [5, 5.41) is 20.0. The molecule has 0 saturated carbocycles. The first kappa shape index (κ1) is 14.7. The number of anilines is 1. The molecule has 1 aromatic carbocycles. The van der Waals surface area contributed by atoms with Crippen LogP contribution >= 0.6 is 11.6 Å². The van der Waals surface area contributed by atoms with Gasteiger partial charge in [-0.25, -0.2) is 8.78 Å². The van der Waals surface area contributed by atoms with Gasteiger partial charge in [-0.05, 0) is 18.2 Å². The highest BCUT2D eigenvalue weighted by atomic mass is 35.5. The van der Waals surface area contributed by atoms with E-state index in [0.717, 1.165) is 0 Å². The molecule has 0 radical (unpaired) electrons. The second-order valence-electron chi connectivity index (χ2n) is 3.74. The van der Waals surface area contributed by atoms with E-state index in [1.807, 2.05) is 0 Å². The van der Waals surface area contributed by atoms with Crippen molar-refractivity contribution in [2.45, 2.75) is 0 Å². The number of nitro benzene ring substituents is 1. The predicted molar refractivity (Wildman–Crippen MR) is 68.0 cm³/mol. The number of benzene rings is 1. The van der Waals surface area contributed by atoms with Crippen molar-refractivity contribution in [3.63, 3.8) is 0 Å². The molecule has 0 bridgehead atoms. The summed E-state index contributed by atoms with van der Waals surface area (Å²) in [5.41, 5.74) is -1.51. The van der Waals surface area contributed by atoms with Crippen molar-refractivity contribution in [1.29, 1.82) is 0 Å². The summed E-state index contributed by atoms with van der Waals surface area (Å²) in [6.07, 6.45) is 0. The van der Waals surface area contributed by atoms with E-state index in [0.29, 0.717) is 12.1 Å². The second kappa shape index (κ2) is 5.75. The topological polar surface area (TPSA) is 98.0 Å². The number of aromatic nitrogens is 2. The summed E-state index contributed by atoms with van der Waals surface area (Å²) >= 11 is 5.50. The molecule has 2 aromatic rings. The van der Waals surface area contributed by atoms with E-state index in [4.69, 9.17) is 11.6 Å². The molecule has 2 rings (SSSR count). The van der Waals surface area contributed by atoms with Crippen LogP contribution in [0.2, 0.25) is 5.15 Å².